The predicted molar refractivity (Wildman–Crippen MR) is 77.7 cm³/mol. The van der Waals surface area contributed by atoms with Gasteiger partial charge in [0.1, 0.15) is 18.8 Å². The Morgan fingerprint density at radius 3 is 2.59 bits per heavy atom. The van der Waals surface area contributed by atoms with Gasteiger partial charge in [0, 0.05) is 6.92 Å². The normalized spacial score (nSPS) is 19.7. The average molecular weight is 308 g/mol. The van der Waals surface area contributed by atoms with Crippen LogP contribution in [0, 0.1) is 5.92 Å². The van der Waals surface area contributed by atoms with Gasteiger partial charge < -0.3 is 18.9 Å². The van der Waals surface area contributed by atoms with Crippen LogP contribution in [0.1, 0.15) is 32.4 Å². The molecule has 0 saturated carbocycles. The third-order valence-electron chi connectivity index (χ3n) is 3.23. The van der Waals surface area contributed by atoms with Crippen LogP contribution in [-0.2, 0) is 19.1 Å². The predicted octanol–water partition coefficient (Wildman–Crippen LogP) is 2.26. The zero-order chi connectivity index (χ0) is 16.3. The van der Waals surface area contributed by atoms with Crippen molar-refractivity contribution in [3.63, 3.8) is 0 Å². The van der Waals surface area contributed by atoms with Crippen molar-refractivity contribution in [2.75, 3.05) is 13.7 Å². The highest BCUT2D eigenvalue weighted by atomic mass is 16.6. The smallest absolute Gasteiger partial charge is 0.313 e. The Kier molecular flexibility index (Phi) is 5.03. The Morgan fingerprint density at radius 2 is 2.00 bits per heavy atom. The lowest BCUT2D eigenvalue weighted by molar-refractivity contribution is -0.141. The van der Waals surface area contributed by atoms with Crippen LogP contribution in [0.2, 0.25) is 0 Å². The molecule has 1 aromatic carbocycles. The van der Waals surface area contributed by atoms with Gasteiger partial charge in [-0.05, 0) is 17.7 Å². The molecule has 0 N–H and O–H groups in total. The molecule has 1 heterocycles. The summed E-state index contributed by atoms with van der Waals surface area (Å²) < 4.78 is 20.9. The molecule has 0 spiro atoms. The molecule has 0 amide bonds. The number of hydrogen-bond donors (Lipinski definition) is 0. The number of methoxy groups -OCH3 is 1. The molecule has 0 unspecified atom stereocenters. The number of hydrogen-bond acceptors (Lipinski definition) is 6. The third-order valence-corrected chi connectivity index (χ3v) is 3.23. The van der Waals surface area contributed by atoms with E-state index in [-0.39, 0.29) is 36.7 Å². The molecule has 0 aromatic heterocycles. The van der Waals surface area contributed by atoms with E-state index in [4.69, 9.17) is 18.9 Å². The van der Waals surface area contributed by atoms with E-state index >= 15 is 0 Å². The number of benzene rings is 1. The zero-order valence-corrected chi connectivity index (χ0v) is 13.1. The van der Waals surface area contributed by atoms with E-state index in [0.717, 1.165) is 5.56 Å². The van der Waals surface area contributed by atoms with E-state index in [9.17, 15) is 9.59 Å². The fourth-order valence-electron chi connectivity index (χ4n) is 1.93. The second kappa shape index (κ2) is 6.79. The van der Waals surface area contributed by atoms with Crippen LogP contribution in [0.5, 0.6) is 11.5 Å². The van der Waals surface area contributed by atoms with E-state index in [1.165, 1.54) is 14.0 Å². The highest BCUT2D eigenvalue weighted by Crippen LogP contribution is 2.42. The lowest BCUT2D eigenvalue weighted by atomic mass is 10.1. The summed E-state index contributed by atoms with van der Waals surface area (Å²) in [6.07, 6.45) is -0.277. The number of epoxide rings is 1. The Morgan fingerprint density at radius 1 is 1.27 bits per heavy atom. The fourth-order valence-corrected chi connectivity index (χ4v) is 1.93. The lowest BCUT2D eigenvalue weighted by Gasteiger charge is -2.11. The molecule has 1 aromatic rings. The van der Waals surface area contributed by atoms with E-state index in [0.29, 0.717) is 11.5 Å². The van der Waals surface area contributed by atoms with Crippen molar-refractivity contribution in [1.82, 2.24) is 0 Å². The molecule has 2 atom stereocenters. The monoisotopic (exact) mass is 308 g/mol. The van der Waals surface area contributed by atoms with Gasteiger partial charge in [-0.2, -0.15) is 0 Å². The maximum atomic E-state index is 11.7. The van der Waals surface area contributed by atoms with Crippen molar-refractivity contribution in [2.24, 2.45) is 5.92 Å². The van der Waals surface area contributed by atoms with Crippen molar-refractivity contribution in [3.8, 4) is 11.5 Å². The van der Waals surface area contributed by atoms with Crippen LogP contribution >= 0.6 is 0 Å². The van der Waals surface area contributed by atoms with Crippen LogP contribution in [0.15, 0.2) is 18.2 Å². The second-order valence-corrected chi connectivity index (χ2v) is 5.38. The first kappa shape index (κ1) is 16.3. The number of ether oxygens (including phenoxy) is 4. The molecule has 6 nitrogen and oxygen atoms in total. The SMILES string of the molecule is COc1cc([C@H]2O[C@H]2COC(C)=O)ccc1OC(=O)C(C)C. The quantitative estimate of drug-likeness (QED) is 0.456. The Labute approximate surface area is 129 Å². The van der Waals surface area contributed by atoms with Crippen molar-refractivity contribution in [3.05, 3.63) is 23.8 Å². The first-order chi connectivity index (χ1) is 10.4. The minimum absolute atomic E-state index is 0.136. The molecule has 2 rings (SSSR count). The van der Waals surface area contributed by atoms with Crippen LogP contribution in [0.3, 0.4) is 0 Å². The minimum Gasteiger partial charge on any atom is -0.493 e. The molecule has 1 fully saturated rings. The summed E-state index contributed by atoms with van der Waals surface area (Å²) in [7, 11) is 1.51. The van der Waals surface area contributed by atoms with Crippen molar-refractivity contribution < 1.29 is 28.5 Å². The van der Waals surface area contributed by atoms with Gasteiger partial charge in [0.2, 0.25) is 0 Å². The maximum Gasteiger partial charge on any atom is 0.313 e. The second-order valence-electron chi connectivity index (χ2n) is 5.38. The first-order valence-electron chi connectivity index (χ1n) is 7.10. The summed E-state index contributed by atoms with van der Waals surface area (Å²) in [5.74, 6) is -0.0242. The average Bonchev–Trinajstić information content (AvgIpc) is 3.25. The van der Waals surface area contributed by atoms with Crippen molar-refractivity contribution in [1.29, 1.82) is 0 Å². The summed E-state index contributed by atoms with van der Waals surface area (Å²) in [5, 5.41) is 0. The lowest BCUT2D eigenvalue weighted by Crippen LogP contribution is -2.15. The highest BCUT2D eigenvalue weighted by molar-refractivity contribution is 5.75. The standard InChI is InChI=1S/C16H20O6/c1-9(2)16(18)22-12-6-5-11(7-13(12)19-4)15-14(21-15)8-20-10(3)17/h5-7,9,14-15H,8H2,1-4H3/t14-,15+/m0/s1. The molecule has 0 aliphatic carbocycles. The molecular weight excluding hydrogens is 288 g/mol. The molecule has 22 heavy (non-hydrogen) atoms. The molecule has 1 aliphatic rings. The third kappa shape index (κ3) is 3.98. The number of esters is 2. The number of rotatable bonds is 6. The van der Waals surface area contributed by atoms with Gasteiger partial charge >= 0.3 is 11.9 Å². The molecule has 0 radical (unpaired) electrons. The van der Waals surface area contributed by atoms with E-state index in [2.05, 4.69) is 0 Å². The molecule has 120 valence electrons. The van der Waals surface area contributed by atoms with E-state index in [1.807, 2.05) is 6.07 Å². The molecular formula is C16H20O6. The number of carbonyl (C=O) groups excluding carboxylic acids is 2. The Balaban J connectivity index is 2.04. The van der Waals surface area contributed by atoms with Gasteiger partial charge in [-0.25, -0.2) is 0 Å². The van der Waals surface area contributed by atoms with E-state index < -0.39 is 0 Å². The fraction of sp³-hybridized carbons (Fsp3) is 0.500. The van der Waals surface area contributed by atoms with Gasteiger partial charge in [-0.3, -0.25) is 9.59 Å². The topological polar surface area (TPSA) is 74.4 Å². The van der Waals surface area contributed by atoms with Gasteiger partial charge in [0.05, 0.1) is 13.0 Å². The molecule has 1 saturated heterocycles. The Bertz CT molecular complexity index is 566. The van der Waals surface area contributed by atoms with Crippen molar-refractivity contribution in [2.45, 2.75) is 33.0 Å². The maximum absolute atomic E-state index is 11.7. The van der Waals surface area contributed by atoms with Crippen LogP contribution in [0.25, 0.3) is 0 Å². The molecule has 6 heteroatoms. The van der Waals surface area contributed by atoms with Gasteiger partial charge in [-0.1, -0.05) is 19.9 Å². The highest BCUT2D eigenvalue weighted by Gasteiger charge is 2.41. The molecule has 1 aliphatic heterocycles. The van der Waals surface area contributed by atoms with Gasteiger partial charge in [-0.15, -0.1) is 0 Å². The van der Waals surface area contributed by atoms with Gasteiger partial charge in [0.15, 0.2) is 11.5 Å². The van der Waals surface area contributed by atoms with Gasteiger partial charge in [0.25, 0.3) is 0 Å². The van der Waals surface area contributed by atoms with Crippen molar-refractivity contribution >= 4 is 11.9 Å². The summed E-state index contributed by atoms with van der Waals surface area (Å²) in [5.41, 5.74) is 0.887. The summed E-state index contributed by atoms with van der Waals surface area (Å²) in [4.78, 5) is 22.4. The Hall–Kier alpha value is -2.08. The van der Waals surface area contributed by atoms with Crippen LogP contribution in [0.4, 0.5) is 0 Å². The summed E-state index contributed by atoms with van der Waals surface area (Å²) in [6.45, 7) is 5.12. The van der Waals surface area contributed by atoms with Crippen LogP contribution in [-0.4, -0.2) is 31.8 Å². The summed E-state index contributed by atoms with van der Waals surface area (Å²) in [6, 6.07) is 5.25. The van der Waals surface area contributed by atoms with E-state index in [1.54, 1.807) is 26.0 Å². The largest absolute Gasteiger partial charge is 0.493 e. The summed E-state index contributed by atoms with van der Waals surface area (Å²) >= 11 is 0. The molecule has 0 bridgehead atoms. The number of carbonyl (C=O) groups is 2. The first-order valence-corrected chi connectivity index (χ1v) is 7.10. The minimum atomic E-state index is -0.331. The zero-order valence-electron chi connectivity index (χ0n) is 13.1. The van der Waals surface area contributed by atoms with Crippen LogP contribution < -0.4 is 9.47 Å².